The lowest BCUT2D eigenvalue weighted by Crippen LogP contribution is -2.49. The number of halogens is 2. The van der Waals surface area contributed by atoms with E-state index in [1.54, 1.807) is 16.8 Å². The van der Waals surface area contributed by atoms with Crippen LogP contribution in [0.15, 0.2) is 59.3 Å². The number of carbonyl (C=O) groups is 1. The first-order chi connectivity index (χ1) is 15.1. The van der Waals surface area contributed by atoms with Crippen molar-refractivity contribution in [3.8, 4) is 5.69 Å². The number of hydrogen-bond acceptors (Lipinski definition) is 6. The van der Waals surface area contributed by atoms with Crippen LogP contribution in [0.2, 0.25) is 5.02 Å². The van der Waals surface area contributed by atoms with E-state index in [1.165, 1.54) is 6.33 Å². The second kappa shape index (κ2) is 8.24. The van der Waals surface area contributed by atoms with Crippen molar-refractivity contribution in [1.29, 1.82) is 0 Å². The van der Waals surface area contributed by atoms with Crippen LogP contribution in [0.25, 0.3) is 16.9 Å². The predicted octanol–water partition coefficient (Wildman–Crippen LogP) is 3.59. The Morgan fingerprint density at radius 1 is 1.00 bits per heavy atom. The lowest BCUT2D eigenvalue weighted by atomic mass is 10.2. The Morgan fingerprint density at radius 2 is 1.77 bits per heavy atom. The van der Waals surface area contributed by atoms with Crippen molar-refractivity contribution in [2.24, 2.45) is 0 Å². The first-order valence-electron chi connectivity index (χ1n) is 9.73. The molecule has 3 heterocycles. The van der Waals surface area contributed by atoms with Gasteiger partial charge in [0.25, 0.3) is 5.91 Å². The van der Waals surface area contributed by atoms with Crippen LogP contribution in [0.5, 0.6) is 0 Å². The number of nitrogens with zero attached hydrogens (tertiary/aromatic N) is 7. The molecular formula is C21H17BrClN7O. The van der Waals surface area contributed by atoms with Gasteiger partial charge in [0.15, 0.2) is 17.0 Å². The standard InChI is InChI=1S/C21H17BrClN7O/c22-14-6-7-17(23)16(12-14)21(31)29-10-8-28(9-11-29)19-18-20(25-13-24-19)30(27-26-18)15-4-2-1-3-5-15/h1-7,12-13H,8-11H2. The van der Waals surface area contributed by atoms with Crippen LogP contribution in [-0.4, -0.2) is 61.9 Å². The van der Waals surface area contributed by atoms with Crippen molar-refractivity contribution in [2.75, 3.05) is 31.1 Å². The van der Waals surface area contributed by atoms with Gasteiger partial charge in [-0.05, 0) is 30.3 Å². The topological polar surface area (TPSA) is 80.0 Å². The van der Waals surface area contributed by atoms with Gasteiger partial charge in [-0.1, -0.05) is 50.9 Å². The summed E-state index contributed by atoms with van der Waals surface area (Å²) in [5.74, 6) is 0.647. The third-order valence-electron chi connectivity index (χ3n) is 5.24. The number of rotatable bonds is 3. The fraction of sp³-hybridized carbons (Fsp3) is 0.190. The van der Waals surface area contributed by atoms with Crippen LogP contribution < -0.4 is 4.90 Å². The zero-order chi connectivity index (χ0) is 21.4. The van der Waals surface area contributed by atoms with Crippen LogP contribution in [0.3, 0.4) is 0 Å². The maximum absolute atomic E-state index is 12.9. The number of fused-ring (bicyclic) bond motifs is 1. The van der Waals surface area contributed by atoms with Crippen LogP contribution in [0, 0.1) is 0 Å². The van der Waals surface area contributed by atoms with Crippen molar-refractivity contribution in [3.63, 3.8) is 0 Å². The number of piperazine rings is 1. The Labute approximate surface area is 191 Å². The number of para-hydroxylation sites is 1. The van der Waals surface area contributed by atoms with Crippen LogP contribution in [-0.2, 0) is 0 Å². The Bertz CT molecular complexity index is 1260. The Balaban J connectivity index is 1.37. The van der Waals surface area contributed by atoms with Crippen molar-refractivity contribution in [1.82, 2.24) is 29.9 Å². The van der Waals surface area contributed by atoms with E-state index in [2.05, 4.69) is 41.1 Å². The molecule has 2 aromatic heterocycles. The van der Waals surface area contributed by atoms with Gasteiger partial charge in [-0.2, -0.15) is 4.68 Å². The highest BCUT2D eigenvalue weighted by Gasteiger charge is 2.26. The van der Waals surface area contributed by atoms with Crippen molar-refractivity contribution in [3.05, 3.63) is 69.9 Å². The summed E-state index contributed by atoms with van der Waals surface area (Å²) in [6.45, 7) is 2.36. The Kier molecular flexibility index (Phi) is 5.29. The van der Waals surface area contributed by atoms with E-state index in [0.29, 0.717) is 47.9 Å². The van der Waals surface area contributed by atoms with E-state index in [0.717, 1.165) is 16.0 Å². The average molecular weight is 499 g/mol. The van der Waals surface area contributed by atoms with Gasteiger partial charge in [0.05, 0.1) is 16.3 Å². The number of benzene rings is 2. The molecule has 4 aromatic rings. The normalized spacial score (nSPS) is 14.3. The SMILES string of the molecule is O=C(c1cc(Br)ccc1Cl)N1CCN(c2ncnc3c2nnn3-c2ccccc2)CC1. The molecular weight excluding hydrogens is 482 g/mol. The molecule has 1 saturated heterocycles. The van der Waals surface area contributed by atoms with Gasteiger partial charge in [0.1, 0.15) is 6.33 Å². The molecule has 5 rings (SSSR count). The third kappa shape index (κ3) is 3.75. The first kappa shape index (κ1) is 19.9. The summed E-state index contributed by atoms with van der Waals surface area (Å²) in [6.07, 6.45) is 1.53. The van der Waals surface area contributed by atoms with E-state index >= 15 is 0 Å². The molecule has 1 amide bonds. The molecule has 0 unspecified atom stereocenters. The van der Waals surface area contributed by atoms with Crippen LogP contribution in [0.4, 0.5) is 5.82 Å². The molecule has 1 aliphatic heterocycles. The highest BCUT2D eigenvalue weighted by molar-refractivity contribution is 9.10. The highest BCUT2D eigenvalue weighted by Crippen LogP contribution is 2.26. The van der Waals surface area contributed by atoms with Crippen molar-refractivity contribution < 1.29 is 4.79 Å². The van der Waals surface area contributed by atoms with Gasteiger partial charge >= 0.3 is 0 Å². The van der Waals surface area contributed by atoms with Gasteiger partial charge < -0.3 is 9.80 Å². The number of aromatic nitrogens is 5. The molecule has 156 valence electrons. The van der Waals surface area contributed by atoms with Crippen LogP contribution in [0.1, 0.15) is 10.4 Å². The van der Waals surface area contributed by atoms with Gasteiger partial charge in [-0.15, -0.1) is 5.10 Å². The average Bonchev–Trinajstić information content (AvgIpc) is 3.25. The fourth-order valence-corrected chi connectivity index (χ4v) is 4.22. The summed E-state index contributed by atoms with van der Waals surface area (Å²) in [4.78, 5) is 25.7. The lowest BCUT2D eigenvalue weighted by Gasteiger charge is -2.35. The van der Waals surface area contributed by atoms with Crippen molar-refractivity contribution >= 4 is 50.4 Å². The van der Waals surface area contributed by atoms with Crippen LogP contribution >= 0.6 is 27.5 Å². The monoisotopic (exact) mass is 497 g/mol. The Hall–Kier alpha value is -3.04. The van der Waals surface area contributed by atoms with Gasteiger partial charge in [-0.25, -0.2) is 9.97 Å². The van der Waals surface area contributed by atoms with Gasteiger partial charge in [-0.3, -0.25) is 4.79 Å². The minimum absolute atomic E-state index is 0.0752. The van der Waals surface area contributed by atoms with E-state index in [4.69, 9.17) is 11.6 Å². The summed E-state index contributed by atoms with van der Waals surface area (Å²) in [5, 5.41) is 9.06. The van der Waals surface area contributed by atoms with E-state index in [1.807, 2.05) is 41.3 Å². The molecule has 1 aliphatic rings. The maximum atomic E-state index is 12.9. The van der Waals surface area contributed by atoms with E-state index in [9.17, 15) is 4.79 Å². The second-order valence-corrected chi connectivity index (χ2v) is 8.43. The smallest absolute Gasteiger partial charge is 0.255 e. The molecule has 10 heteroatoms. The molecule has 0 bridgehead atoms. The quantitative estimate of drug-likeness (QED) is 0.429. The Morgan fingerprint density at radius 3 is 2.55 bits per heavy atom. The zero-order valence-corrected chi connectivity index (χ0v) is 18.7. The molecule has 2 aromatic carbocycles. The molecule has 0 radical (unpaired) electrons. The summed E-state index contributed by atoms with van der Waals surface area (Å²) < 4.78 is 2.53. The molecule has 0 spiro atoms. The van der Waals surface area contributed by atoms with Gasteiger partial charge in [0, 0.05) is 30.7 Å². The molecule has 0 saturated carbocycles. The zero-order valence-electron chi connectivity index (χ0n) is 16.3. The molecule has 8 nitrogen and oxygen atoms in total. The lowest BCUT2D eigenvalue weighted by molar-refractivity contribution is 0.0746. The highest BCUT2D eigenvalue weighted by atomic mass is 79.9. The number of hydrogen-bond donors (Lipinski definition) is 0. The number of carbonyl (C=O) groups excluding carboxylic acids is 1. The molecule has 0 atom stereocenters. The van der Waals surface area contributed by atoms with E-state index < -0.39 is 0 Å². The first-order valence-corrected chi connectivity index (χ1v) is 10.9. The number of amides is 1. The molecule has 0 N–H and O–H groups in total. The third-order valence-corrected chi connectivity index (χ3v) is 6.07. The molecule has 0 aliphatic carbocycles. The molecule has 31 heavy (non-hydrogen) atoms. The maximum Gasteiger partial charge on any atom is 0.255 e. The van der Waals surface area contributed by atoms with Gasteiger partial charge in [0.2, 0.25) is 0 Å². The minimum atomic E-state index is -0.0752. The summed E-state index contributed by atoms with van der Waals surface area (Å²) in [7, 11) is 0. The van der Waals surface area contributed by atoms with E-state index in [-0.39, 0.29) is 5.91 Å². The summed E-state index contributed by atoms with van der Waals surface area (Å²) >= 11 is 9.64. The minimum Gasteiger partial charge on any atom is -0.351 e. The summed E-state index contributed by atoms with van der Waals surface area (Å²) in [6, 6.07) is 15.0. The fourth-order valence-electron chi connectivity index (χ4n) is 3.66. The summed E-state index contributed by atoms with van der Waals surface area (Å²) in [5.41, 5.74) is 2.67. The van der Waals surface area contributed by atoms with Crippen molar-refractivity contribution in [2.45, 2.75) is 0 Å². The largest absolute Gasteiger partial charge is 0.351 e. The second-order valence-electron chi connectivity index (χ2n) is 7.11. The predicted molar refractivity (Wildman–Crippen MR) is 122 cm³/mol. The number of anilines is 1. The molecule has 1 fully saturated rings.